The third-order valence-electron chi connectivity index (χ3n) is 3.28. The fourth-order valence-electron chi connectivity index (χ4n) is 2.18. The van der Waals surface area contributed by atoms with Crippen molar-refractivity contribution in [1.29, 1.82) is 0 Å². The van der Waals surface area contributed by atoms with E-state index in [4.69, 9.17) is 23.2 Å². The Bertz CT molecular complexity index is 477. The summed E-state index contributed by atoms with van der Waals surface area (Å²) in [7, 11) is 0. The molecule has 1 aliphatic rings. The van der Waals surface area contributed by atoms with Crippen molar-refractivity contribution in [3.8, 4) is 0 Å². The maximum atomic E-state index is 12.1. The van der Waals surface area contributed by atoms with Gasteiger partial charge in [0.25, 0.3) is 0 Å². The Labute approximate surface area is 124 Å². The SMILES string of the molecule is O=C(/C=C/c1ccc(Cl)c(Cl)c1)N1CCCCCC1. The molecule has 1 aliphatic heterocycles. The van der Waals surface area contributed by atoms with Crippen molar-refractivity contribution in [2.45, 2.75) is 25.7 Å². The monoisotopic (exact) mass is 297 g/mol. The van der Waals surface area contributed by atoms with Gasteiger partial charge in [-0.15, -0.1) is 0 Å². The normalized spacial score (nSPS) is 16.6. The van der Waals surface area contributed by atoms with Gasteiger partial charge in [-0.05, 0) is 36.6 Å². The third-order valence-corrected chi connectivity index (χ3v) is 4.02. The maximum absolute atomic E-state index is 12.1. The van der Waals surface area contributed by atoms with Gasteiger partial charge >= 0.3 is 0 Å². The highest BCUT2D eigenvalue weighted by atomic mass is 35.5. The lowest BCUT2D eigenvalue weighted by Crippen LogP contribution is -2.30. The maximum Gasteiger partial charge on any atom is 0.246 e. The van der Waals surface area contributed by atoms with Gasteiger partial charge in [-0.25, -0.2) is 0 Å². The molecule has 1 amide bonds. The Balaban J connectivity index is 2.00. The number of carbonyl (C=O) groups is 1. The highest BCUT2D eigenvalue weighted by Crippen LogP contribution is 2.23. The molecule has 0 spiro atoms. The summed E-state index contributed by atoms with van der Waals surface area (Å²) in [6.45, 7) is 1.73. The summed E-state index contributed by atoms with van der Waals surface area (Å²) in [5, 5.41) is 1.03. The Morgan fingerprint density at radius 1 is 1.05 bits per heavy atom. The molecule has 102 valence electrons. The smallest absolute Gasteiger partial charge is 0.246 e. The van der Waals surface area contributed by atoms with Crippen LogP contribution in [0.1, 0.15) is 31.2 Å². The summed E-state index contributed by atoms with van der Waals surface area (Å²) in [5.74, 6) is 0.0768. The van der Waals surface area contributed by atoms with Crippen LogP contribution >= 0.6 is 23.2 Å². The number of likely N-dealkylation sites (tertiary alicyclic amines) is 1. The fourth-order valence-corrected chi connectivity index (χ4v) is 2.49. The van der Waals surface area contributed by atoms with Gasteiger partial charge in [0.05, 0.1) is 10.0 Å². The van der Waals surface area contributed by atoms with Gasteiger partial charge in [0.1, 0.15) is 0 Å². The number of benzene rings is 1. The van der Waals surface area contributed by atoms with Gasteiger partial charge in [0.15, 0.2) is 0 Å². The molecule has 0 aromatic heterocycles. The first-order valence-electron chi connectivity index (χ1n) is 6.59. The van der Waals surface area contributed by atoms with E-state index in [0.29, 0.717) is 10.0 Å². The molecule has 2 rings (SSSR count). The van der Waals surface area contributed by atoms with Crippen LogP contribution in [-0.4, -0.2) is 23.9 Å². The average Bonchev–Trinajstić information content (AvgIpc) is 2.69. The highest BCUT2D eigenvalue weighted by Gasteiger charge is 2.12. The van der Waals surface area contributed by atoms with Gasteiger partial charge in [-0.1, -0.05) is 42.1 Å². The topological polar surface area (TPSA) is 20.3 Å². The van der Waals surface area contributed by atoms with Crippen molar-refractivity contribution in [2.24, 2.45) is 0 Å². The lowest BCUT2D eigenvalue weighted by atomic mass is 10.2. The van der Waals surface area contributed by atoms with Crippen molar-refractivity contribution in [3.63, 3.8) is 0 Å². The number of nitrogens with zero attached hydrogens (tertiary/aromatic N) is 1. The number of halogens is 2. The number of hydrogen-bond acceptors (Lipinski definition) is 1. The molecule has 0 bridgehead atoms. The lowest BCUT2D eigenvalue weighted by Gasteiger charge is -2.17. The van der Waals surface area contributed by atoms with Crippen LogP contribution in [-0.2, 0) is 4.79 Å². The van der Waals surface area contributed by atoms with E-state index >= 15 is 0 Å². The molecule has 1 aromatic rings. The molecular weight excluding hydrogens is 281 g/mol. The zero-order valence-electron chi connectivity index (χ0n) is 10.7. The van der Waals surface area contributed by atoms with Crippen LogP contribution in [0.5, 0.6) is 0 Å². The lowest BCUT2D eigenvalue weighted by molar-refractivity contribution is -0.125. The minimum absolute atomic E-state index is 0.0768. The van der Waals surface area contributed by atoms with E-state index in [-0.39, 0.29) is 5.91 Å². The van der Waals surface area contributed by atoms with Crippen molar-refractivity contribution in [1.82, 2.24) is 4.90 Å². The summed E-state index contributed by atoms with van der Waals surface area (Å²) >= 11 is 11.8. The Kier molecular flexibility index (Phi) is 5.29. The molecule has 1 heterocycles. The second-order valence-electron chi connectivity index (χ2n) is 4.75. The average molecular weight is 298 g/mol. The summed E-state index contributed by atoms with van der Waals surface area (Å²) < 4.78 is 0. The molecule has 1 fully saturated rings. The Hall–Kier alpha value is -0.990. The van der Waals surface area contributed by atoms with Crippen molar-refractivity contribution < 1.29 is 4.79 Å². The molecule has 0 N–H and O–H groups in total. The van der Waals surface area contributed by atoms with E-state index in [1.807, 2.05) is 11.0 Å². The first-order valence-corrected chi connectivity index (χ1v) is 7.34. The van der Waals surface area contributed by atoms with E-state index in [9.17, 15) is 4.79 Å². The first-order chi connectivity index (χ1) is 9.16. The fraction of sp³-hybridized carbons (Fsp3) is 0.400. The van der Waals surface area contributed by atoms with E-state index in [1.165, 1.54) is 12.8 Å². The van der Waals surface area contributed by atoms with Crippen molar-refractivity contribution in [3.05, 3.63) is 39.9 Å². The molecule has 19 heavy (non-hydrogen) atoms. The standard InChI is InChI=1S/C15H17Cl2NO/c16-13-7-5-12(11-14(13)17)6-8-15(19)18-9-3-1-2-4-10-18/h5-8,11H,1-4,9-10H2/b8-6+. The predicted octanol–water partition coefficient (Wildman–Crippen LogP) is 4.41. The van der Waals surface area contributed by atoms with Gasteiger partial charge in [0.2, 0.25) is 5.91 Å². The highest BCUT2D eigenvalue weighted by molar-refractivity contribution is 6.42. The number of amides is 1. The molecule has 0 unspecified atom stereocenters. The molecule has 0 atom stereocenters. The van der Waals surface area contributed by atoms with Crippen LogP contribution < -0.4 is 0 Å². The largest absolute Gasteiger partial charge is 0.339 e. The molecule has 0 saturated carbocycles. The van der Waals surface area contributed by atoms with Crippen LogP contribution in [0, 0.1) is 0 Å². The Morgan fingerprint density at radius 2 is 1.74 bits per heavy atom. The summed E-state index contributed by atoms with van der Waals surface area (Å²) in [6.07, 6.45) is 8.06. The van der Waals surface area contributed by atoms with Crippen LogP contribution in [0.25, 0.3) is 6.08 Å². The predicted molar refractivity (Wildman–Crippen MR) is 80.5 cm³/mol. The molecule has 0 aliphatic carbocycles. The van der Waals surface area contributed by atoms with Gasteiger partial charge < -0.3 is 4.90 Å². The van der Waals surface area contributed by atoms with E-state index in [2.05, 4.69) is 0 Å². The molecule has 1 aromatic carbocycles. The van der Waals surface area contributed by atoms with Gasteiger partial charge in [-0.3, -0.25) is 4.79 Å². The van der Waals surface area contributed by atoms with Gasteiger partial charge in [0, 0.05) is 19.2 Å². The second-order valence-corrected chi connectivity index (χ2v) is 5.56. The first kappa shape index (κ1) is 14.4. The minimum Gasteiger partial charge on any atom is -0.339 e. The van der Waals surface area contributed by atoms with E-state index in [1.54, 1.807) is 24.3 Å². The zero-order valence-corrected chi connectivity index (χ0v) is 12.3. The molecule has 4 heteroatoms. The number of carbonyl (C=O) groups excluding carboxylic acids is 1. The quantitative estimate of drug-likeness (QED) is 0.741. The van der Waals surface area contributed by atoms with Gasteiger partial charge in [-0.2, -0.15) is 0 Å². The van der Waals surface area contributed by atoms with Crippen LogP contribution in [0.4, 0.5) is 0 Å². The molecular formula is C15H17Cl2NO. The zero-order chi connectivity index (χ0) is 13.7. The molecule has 2 nitrogen and oxygen atoms in total. The van der Waals surface area contributed by atoms with Crippen LogP contribution in [0.15, 0.2) is 24.3 Å². The number of hydrogen-bond donors (Lipinski definition) is 0. The van der Waals surface area contributed by atoms with E-state index < -0.39 is 0 Å². The Morgan fingerprint density at radius 3 is 2.37 bits per heavy atom. The van der Waals surface area contributed by atoms with Crippen LogP contribution in [0.3, 0.4) is 0 Å². The van der Waals surface area contributed by atoms with Crippen molar-refractivity contribution in [2.75, 3.05) is 13.1 Å². The summed E-state index contributed by atoms with van der Waals surface area (Å²) in [6, 6.07) is 5.34. The number of rotatable bonds is 2. The second kappa shape index (κ2) is 6.97. The van der Waals surface area contributed by atoms with E-state index in [0.717, 1.165) is 31.5 Å². The molecule has 1 saturated heterocycles. The summed E-state index contributed by atoms with van der Waals surface area (Å²) in [4.78, 5) is 14.0. The van der Waals surface area contributed by atoms with Crippen LogP contribution in [0.2, 0.25) is 10.0 Å². The summed E-state index contributed by atoms with van der Waals surface area (Å²) in [5.41, 5.74) is 0.887. The molecule has 0 radical (unpaired) electrons. The minimum atomic E-state index is 0.0768. The third kappa shape index (κ3) is 4.26. The van der Waals surface area contributed by atoms with Crippen molar-refractivity contribution >= 4 is 35.2 Å².